The van der Waals surface area contributed by atoms with Crippen molar-refractivity contribution >= 4 is 11.9 Å². The second kappa shape index (κ2) is 7.17. The number of hydrogen-bond donors (Lipinski definition) is 3. The quantitative estimate of drug-likeness (QED) is 0.677. The molecule has 0 saturated heterocycles. The van der Waals surface area contributed by atoms with Gasteiger partial charge in [0.1, 0.15) is 11.9 Å². The number of hydrogen-bond acceptors (Lipinski definition) is 3. The van der Waals surface area contributed by atoms with Crippen LogP contribution in [-0.4, -0.2) is 28.6 Å². The van der Waals surface area contributed by atoms with Gasteiger partial charge in [-0.05, 0) is 44.4 Å². The predicted octanol–water partition coefficient (Wildman–Crippen LogP) is 1.46. The lowest BCUT2D eigenvalue weighted by Gasteiger charge is -2.30. The molecule has 4 N–H and O–H groups in total. The molecule has 0 spiro atoms. The molecular formula is C15H21FN2O3. The molecule has 0 bridgehead atoms. The molecule has 0 saturated carbocycles. The molecule has 1 atom stereocenters. The molecule has 0 aliphatic rings. The lowest BCUT2D eigenvalue weighted by atomic mass is 9.93. The number of carbonyl (C=O) groups excluding carboxylic acids is 1. The van der Waals surface area contributed by atoms with Crippen molar-refractivity contribution in [2.24, 2.45) is 5.73 Å². The molecule has 0 radical (unpaired) electrons. The first-order valence-electron chi connectivity index (χ1n) is 6.73. The summed E-state index contributed by atoms with van der Waals surface area (Å²) in [5, 5.41) is 12.2. The largest absolute Gasteiger partial charge is 0.480 e. The first-order chi connectivity index (χ1) is 9.69. The van der Waals surface area contributed by atoms with Crippen LogP contribution in [0.5, 0.6) is 0 Å². The van der Waals surface area contributed by atoms with Crippen LogP contribution < -0.4 is 11.1 Å². The fourth-order valence-electron chi connectivity index (χ4n) is 2.18. The van der Waals surface area contributed by atoms with Crippen molar-refractivity contribution in [3.05, 3.63) is 35.6 Å². The van der Waals surface area contributed by atoms with Crippen LogP contribution in [0.25, 0.3) is 0 Å². The van der Waals surface area contributed by atoms with E-state index in [9.17, 15) is 19.1 Å². The monoisotopic (exact) mass is 296 g/mol. The van der Waals surface area contributed by atoms with Gasteiger partial charge in [0, 0.05) is 12.0 Å². The minimum atomic E-state index is -1.02. The van der Waals surface area contributed by atoms with Crippen LogP contribution in [0.15, 0.2) is 24.3 Å². The molecule has 6 heteroatoms. The number of nitrogens with two attached hydrogens (primary N) is 1. The van der Waals surface area contributed by atoms with Crippen molar-refractivity contribution < 1.29 is 19.1 Å². The Morgan fingerprint density at radius 1 is 1.33 bits per heavy atom. The van der Waals surface area contributed by atoms with Gasteiger partial charge in [0.2, 0.25) is 5.91 Å². The summed E-state index contributed by atoms with van der Waals surface area (Å²) in [5.41, 5.74) is 5.43. The van der Waals surface area contributed by atoms with Gasteiger partial charge in [-0.1, -0.05) is 12.1 Å². The van der Waals surface area contributed by atoms with Gasteiger partial charge >= 0.3 is 5.97 Å². The van der Waals surface area contributed by atoms with Gasteiger partial charge in [-0.25, -0.2) is 4.39 Å². The average Bonchev–Trinajstić information content (AvgIpc) is 2.36. The van der Waals surface area contributed by atoms with Crippen molar-refractivity contribution in [3.8, 4) is 0 Å². The maximum absolute atomic E-state index is 12.9. The van der Waals surface area contributed by atoms with E-state index in [4.69, 9.17) is 5.73 Å². The topological polar surface area (TPSA) is 92.4 Å². The summed E-state index contributed by atoms with van der Waals surface area (Å²) >= 11 is 0. The van der Waals surface area contributed by atoms with Crippen LogP contribution >= 0.6 is 0 Å². The van der Waals surface area contributed by atoms with Crippen molar-refractivity contribution in [3.63, 3.8) is 0 Å². The number of halogens is 1. The minimum absolute atomic E-state index is 0.0105. The van der Waals surface area contributed by atoms with E-state index in [1.54, 1.807) is 12.1 Å². The Morgan fingerprint density at radius 3 is 2.38 bits per heavy atom. The van der Waals surface area contributed by atoms with E-state index in [1.807, 2.05) is 13.8 Å². The second-order valence-electron chi connectivity index (χ2n) is 5.73. The Kier molecular flexibility index (Phi) is 5.84. The highest BCUT2D eigenvalue weighted by molar-refractivity contribution is 5.77. The lowest BCUT2D eigenvalue weighted by molar-refractivity contribution is -0.140. The Hall–Kier alpha value is -1.95. The summed E-state index contributed by atoms with van der Waals surface area (Å²) in [4.78, 5) is 22.0. The van der Waals surface area contributed by atoms with E-state index in [2.05, 4.69) is 5.32 Å². The molecule has 0 unspecified atom stereocenters. The molecule has 1 aromatic rings. The summed E-state index contributed by atoms with van der Waals surface area (Å²) in [6, 6.07) is 5.21. The maximum atomic E-state index is 12.9. The molecule has 0 aromatic heterocycles. The second-order valence-corrected chi connectivity index (χ2v) is 5.73. The number of amides is 1. The van der Waals surface area contributed by atoms with Crippen molar-refractivity contribution in [1.29, 1.82) is 0 Å². The van der Waals surface area contributed by atoms with Crippen molar-refractivity contribution in [1.82, 2.24) is 5.32 Å². The first-order valence-corrected chi connectivity index (χ1v) is 6.73. The Labute approximate surface area is 123 Å². The van der Waals surface area contributed by atoms with E-state index >= 15 is 0 Å². The molecule has 0 aliphatic heterocycles. The number of nitrogens with one attached hydrogen (secondary N) is 1. The highest BCUT2D eigenvalue weighted by Gasteiger charge is 2.27. The standard InChI is InChI=1S/C15H21FN2O3/c1-15(2,9-10-3-5-11(16)6-4-10)18-12(14(20)21)7-8-13(17)19/h3-6,12,18H,7-9H2,1-2H3,(H2,17,19)(H,20,21)/t12-/m0/s1. The summed E-state index contributed by atoms with van der Waals surface area (Å²) in [7, 11) is 0. The SMILES string of the molecule is CC(C)(Cc1ccc(F)cc1)N[C@@H](CCC(N)=O)C(=O)O. The molecule has 5 nitrogen and oxygen atoms in total. The van der Waals surface area contributed by atoms with Crippen molar-refractivity contribution in [2.45, 2.75) is 44.7 Å². The van der Waals surface area contributed by atoms with Gasteiger partial charge < -0.3 is 10.8 Å². The third-order valence-corrected chi connectivity index (χ3v) is 3.10. The zero-order chi connectivity index (χ0) is 16.0. The molecule has 21 heavy (non-hydrogen) atoms. The third kappa shape index (κ3) is 6.35. The number of benzene rings is 1. The number of rotatable bonds is 8. The minimum Gasteiger partial charge on any atom is -0.480 e. The van der Waals surface area contributed by atoms with E-state index in [0.717, 1.165) is 5.56 Å². The number of carboxylic acids is 1. The van der Waals surface area contributed by atoms with E-state index in [-0.39, 0.29) is 18.7 Å². The van der Waals surface area contributed by atoms with Gasteiger partial charge in [0.25, 0.3) is 0 Å². The first kappa shape index (κ1) is 17.1. The fourth-order valence-corrected chi connectivity index (χ4v) is 2.18. The van der Waals surface area contributed by atoms with Gasteiger partial charge in [0.05, 0.1) is 0 Å². The summed E-state index contributed by atoms with van der Waals surface area (Å²) in [5.74, 6) is -1.86. The smallest absolute Gasteiger partial charge is 0.320 e. The average molecular weight is 296 g/mol. The van der Waals surface area contributed by atoms with Gasteiger partial charge in [-0.3, -0.25) is 14.9 Å². The zero-order valence-electron chi connectivity index (χ0n) is 12.2. The third-order valence-electron chi connectivity index (χ3n) is 3.10. The van der Waals surface area contributed by atoms with Crippen LogP contribution in [0.3, 0.4) is 0 Å². The Morgan fingerprint density at radius 2 is 1.90 bits per heavy atom. The lowest BCUT2D eigenvalue weighted by Crippen LogP contribution is -2.51. The molecule has 0 fully saturated rings. The van der Waals surface area contributed by atoms with Gasteiger partial charge in [0.15, 0.2) is 0 Å². The molecule has 0 aliphatic carbocycles. The molecule has 1 aromatic carbocycles. The van der Waals surface area contributed by atoms with Crippen LogP contribution in [0.1, 0.15) is 32.3 Å². The number of primary amides is 1. The molecule has 1 amide bonds. The predicted molar refractivity (Wildman–Crippen MR) is 77.2 cm³/mol. The highest BCUT2D eigenvalue weighted by atomic mass is 19.1. The van der Waals surface area contributed by atoms with Gasteiger partial charge in [-0.2, -0.15) is 0 Å². The van der Waals surface area contributed by atoms with Crippen molar-refractivity contribution in [2.75, 3.05) is 0 Å². The number of aliphatic carboxylic acids is 1. The van der Waals surface area contributed by atoms with Crippen LogP contribution in [0.2, 0.25) is 0 Å². The van der Waals surface area contributed by atoms with Crippen LogP contribution in [0.4, 0.5) is 4.39 Å². The van der Waals surface area contributed by atoms with E-state index in [1.165, 1.54) is 12.1 Å². The summed E-state index contributed by atoms with van der Waals surface area (Å²) < 4.78 is 12.9. The van der Waals surface area contributed by atoms with Crippen LogP contribution in [0, 0.1) is 5.82 Å². The number of carbonyl (C=O) groups is 2. The fraction of sp³-hybridized carbons (Fsp3) is 0.467. The maximum Gasteiger partial charge on any atom is 0.320 e. The van der Waals surface area contributed by atoms with E-state index < -0.39 is 23.5 Å². The summed E-state index contributed by atoms with van der Waals surface area (Å²) in [6.07, 6.45) is 0.682. The normalized spacial score (nSPS) is 12.9. The Balaban J connectivity index is 2.68. The van der Waals surface area contributed by atoms with Crippen LogP contribution in [-0.2, 0) is 16.0 Å². The Bertz CT molecular complexity index is 500. The zero-order valence-corrected chi connectivity index (χ0v) is 12.2. The molecule has 116 valence electrons. The number of carboxylic acid groups (broad SMARTS) is 1. The molecule has 0 heterocycles. The summed E-state index contributed by atoms with van der Waals surface area (Å²) in [6.45, 7) is 3.72. The molecule has 1 rings (SSSR count). The highest BCUT2D eigenvalue weighted by Crippen LogP contribution is 2.15. The van der Waals surface area contributed by atoms with Gasteiger partial charge in [-0.15, -0.1) is 0 Å². The van der Waals surface area contributed by atoms with E-state index in [0.29, 0.717) is 6.42 Å². The molecular weight excluding hydrogens is 275 g/mol.